The van der Waals surface area contributed by atoms with Crippen LogP contribution < -0.4 is 5.32 Å². The van der Waals surface area contributed by atoms with Gasteiger partial charge in [0.1, 0.15) is 11.2 Å². The lowest BCUT2D eigenvalue weighted by molar-refractivity contribution is -0.142. The maximum atomic E-state index is 13.2. The second kappa shape index (κ2) is 9.50. The van der Waals surface area contributed by atoms with E-state index in [1.807, 2.05) is 61.7 Å². The molecule has 2 aromatic heterocycles. The molecule has 0 spiro atoms. The average Bonchev–Trinajstić information content (AvgIpc) is 3.34. The first-order chi connectivity index (χ1) is 15.9. The highest BCUT2D eigenvalue weighted by atomic mass is 35.5. The van der Waals surface area contributed by atoms with Gasteiger partial charge in [0.25, 0.3) is 5.91 Å². The first-order valence-corrected chi connectivity index (χ1v) is 11.0. The molecule has 33 heavy (non-hydrogen) atoms. The predicted octanol–water partition coefficient (Wildman–Crippen LogP) is 4.20. The third-order valence-corrected chi connectivity index (χ3v) is 6.02. The Bertz CT molecular complexity index is 1310. The van der Waals surface area contributed by atoms with Crippen LogP contribution in [0.25, 0.3) is 10.9 Å². The smallest absolute Gasteiger partial charge is 0.328 e. The van der Waals surface area contributed by atoms with Crippen LogP contribution in [0, 0.1) is 13.8 Å². The number of benzene rings is 2. The van der Waals surface area contributed by atoms with E-state index in [4.69, 9.17) is 16.3 Å². The summed E-state index contributed by atoms with van der Waals surface area (Å²) in [6, 6.07) is 14.9. The van der Waals surface area contributed by atoms with Gasteiger partial charge in [-0.1, -0.05) is 59.6 Å². The molecule has 0 unspecified atom stereocenters. The summed E-state index contributed by atoms with van der Waals surface area (Å²) >= 11 is 6.54. The highest BCUT2D eigenvalue weighted by molar-refractivity contribution is 6.33. The molecule has 2 heterocycles. The standard InChI is InChI=1S/C25H25ClN4O3/c1-15-8-10-17(11-9-15)14-30-23(26)22(16(2)29-30)24(31)28-21(25(32)33-3)12-18-13-27-20-7-5-4-6-19(18)20/h4-11,13,21,27H,12,14H2,1-3H3,(H,28,31)/t21-/m1/s1. The fourth-order valence-corrected chi connectivity index (χ4v) is 4.19. The third-order valence-electron chi connectivity index (χ3n) is 5.64. The van der Waals surface area contributed by atoms with Crippen LogP contribution in [0.1, 0.15) is 32.7 Å². The normalized spacial score (nSPS) is 12.0. The van der Waals surface area contributed by atoms with Gasteiger partial charge in [0.05, 0.1) is 24.9 Å². The van der Waals surface area contributed by atoms with Crippen molar-refractivity contribution in [2.75, 3.05) is 7.11 Å². The molecule has 0 aliphatic rings. The quantitative estimate of drug-likeness (QED) is 0.401. The van der Waals surface area contributed by atoms with Crippen LogP contribution in [0.2, 0.25) is 5.15 Å². The highest BCUT2D eigenvalue weighted by Gasteiger charge is 2.27. The molecule has 7 nitrogen and oxygen atoms in total. The molecule has 170 valence electrons. The van der Waals surface area contributed by atoms with Crippen molar-refractivity contribution in [2.24, 2.45) is 0 Å². The number of carbonyl (C=O) groups excluding carboxylic acids is 2. The van der Waals surface area contributed by atoms with E-state index in [0.29, 0.717) is 12.2 Å². The number of amides is 1. The summed E-state index contributed by atoms with van der Waals surface area (Å²) in [5.41, 5.74) is 4.77. The van der Waals surface area contributed by atoms with Crippen molar-refractivity contribution in [3.63, 3.8) is 0 Å². The molecule has 8 heteroatoms. The number of carbonyl (C=O) groups is 2. The molecule has 0 bridgehead atoms. The van der Waals surface area contributed by atoms with E-state index in [0.717, 1.165) is 27.6 Å². The van der Waals surface area contributed by atoms with E-state index in [1.165, 1.54) is 7.11 Å². The topological polar surface area (TPSA) is 89.0 Å². The minimum absolute atomic E-state index is 0.223. The Kier molecular flexibility index (Phi) is 6.51. The van der Waals surface area contributed by atoms with Crippen molar-refractivity contribution >= 4 is 34.4 Å². The number of methoxy groups -OCH3 is 1. The van der Waals surface area contributed by atoms with Gasteiger partial charge in [0.15, 0.2) is 0 Å². The molecule has 0 aliphatic heterocycles. The van der Waals surface area contributed by atoms with Gasteiger partial charge in [-0.3, -0.25) is 4.79 Å². The summed E-state index contributed by atoms with van der Waals surface area (Å²) < 4.78 is 6.53. The molecule has 1 amide bonds. The number of aromatic amines is 1. The van der Waals surface area contributed by atoms with Crippen molar-refractivity contribution in [2.45, 2.75) is 32.9 Å². The zero-order valence-electron chi connectivity index (χ0n) is 18.7. The SMILES string of the molecule is COC(=O)[C@@H](Cc1c[nH]c2ccccc12)NC(=O)c1c(C)nn(Cc2ccc(C)cc2)c1Cl. The van der Waals surface area contributed by atoms with Crippen LogP contribution in [0.4, 0.5) is 0 Å². The van der Waals surface area contributed by atoms with Gasteiger partial charge < -0.3 is 15.0 Å². The van der Waals surface area contributed by atoms with Crippen LogP contribution in [0.3, 0.4) is 0 Å². The van der Waals surface area contributed by atoms with E-state index < -0.39 is 17.9 Å². The summed E-state index contributed by atoms with van der Waals surface area (Å²) in [7, 11) is 1.30. The van der Waals surface area contributed by atoms with Crippen LogP contribution in [-0.4, -0.2) is 39.8 Å². The van der Waals surface area contributed by atoms with Crippen molar-refractivity contribution < 1.29 is 14.3 Å². The summed E-state index contributed by atoms with van der Waals surface area (Å²) in [4.78, 5) is 28.8. The van der Waals surface area contributed by atoms with Gasteiger partial charge in [-0.2, -0.15) is 5.10 Å². The van der Waals surface area contributed by atoms with Crippen molar-refractivity contribution in [3.05, 3.63) is 87.8 Å². The lowest BCUT2D eigenvalue weighted by atomic mass is 10.0. The van der Waals surface area contributed by atoms with E-state index >= 15 is 0 Å². The number of hydrogen-bond donors (Lipinski definition) is 2. The number of H-pyrrole nitrogens is 1. The lowest BCUT2D eigenvalue weighted by Gasteiger charge is -2.16. The molecule has 1 atom stereocenters. The fraction of sp³-hybridized carbons (Fsp3) is 0.240. The molecule has 0 aliphatic carbocycles. The molecule has 2 aromatic carbocycles. The Morgan fingerprint density at radius 3 is 2.61 bits per heavy atom. The summed E-state index contributed by atoms with van der Waals surface area (Å²) in [5, 5.41) is 8.44. The molecule has 0 radical (unpaired) electrons. The third kappa shape index (κ3) is 4.78. The second-order valence-corrected chi connectivity index (χ2v) is 8.37. The number of nitrogens with one attached hydrogen (secondary N) is 2. The van der Waals surface area contributed by atoms with Crippen molar-refractivity contribution in [1.29, 1.82) is 0 Å². The Hall–Kier alpha value is -3.58. The minimum Gasteiger partial charge on any atom is -0.467 e. The van der Waals surface area contributed by atoms with Crippen molar-refractivity contribution in [3.8, 4) is 0 Å². The number of aryl methyl sites for hydroxylation is 2. The monoisotopic (exact) mass is 464 g/mol. The largest absolute Gasteiger partial charge is 0.467 e. The van der Waals surface area contributed by atoms with E-state index in [9.17, 15) is 9.59 Å². The van der Waals surface area contributed by atoms with Crippen LogP contribution in [-0.2, 0) is 22.5 Å². The zero-order valence-corrected chi connectivity index (χ0v) is 19.4. The average molecular weight is 465 g/mol. The molecule has 2 N–H and O–H groups in total. The van der Waals surface area contributed by atoms with Crippen LogP contribution >= 0.6 is 11.6 Å². The number of nitrogens with zero attached hydrogens (tertiary/aromatic N) is 2. The van der Waals surface area contributed by atoms with E-state index in [-0.39, 0.29) is 17.1 Å². The fourth-order valence-electron chi connectivity index (χ4n) is 3.87. The number of rotatable bonds is 7. The maximum Gasteiger partial charge on any atom is 0.328 e. The predicted molar refractivity (Wildman–Crippen MR) is 128 cm³/mol. The Balaban J connectivity index is 1.56. The number of ether oxygens (including phenoxy) is 1. The van der Waals surface area contributed by atoms with E-state index in [1.54, 1.807) is 11.6 Å². The molecular weight excluding hydrogens is 440 g/mol. The first kappa shape index (κ1) is 22.6. The van der Waals surface area contributed by atoms with Gasteiger partial charge in [-0.25, -0.2) is 9.48 Å². The molecule has 4 aromatic rings. The van der Waals surface area contributed by atoms with Gasteiger partial charge in [-0.15, -0.1) is 0 Å². The zero-order chi connectivity index (χ0) is 23.5. The highest BCUT2D eigenvalue weighted by Crippen LogP contribution is 2.23. The Labute approximate surface area is 196 Å². The summed E-state index contributed by atoms with van der Waals surface area (Å²) in [6.07, 6.45) is 2.11. The molecule has 0 saturated carbocycles. The molecule has 0 fully saturated rings. The molecular formula is C25H25ClN4O3. The lowest BCUT2D eigenvalue weighted by Crippen LogP contribution is -2.43. The number of hydrogen-bond acceptors (Lipinski definition) is 4. The van der Waals surface area contributed by atoms with Gasteiger partial charge in [0.2, 0.25) is 0 Å². The number of aromatic nitrogens is 3. The van der Waals surface area contributed by atoms with Gasteiger partial charge in [-0.05, 0) is 31.0 Å². The van der Waals surface area contributed by atoms with Gasteiger partial charge in [0, 0.05) is 23.5 Å². The number of halogens is 1. The second-order valence-electron chi connectivity index (χ2n) is 8.01. The molecule has 4 rings (SSSR count). The number of fused-ring (bicyclic) bond motifs is 1. The Morgan fingerprint density at radius 1 is 1.15 bits per heavy atom. The maximum absolute atomic E-state index is 13.2. The van der Waals surface area contributed by atoms with E-state index in [2.05, 4.69) is 15.4 Å². The minimum atomic E-state index is -0.877. The van der Waals surface area contributed by atoms with Crippen LogP contribution in [0.5, 0.6) is 0 Å². The molecule has 0 saturated heterocycles. The van der Waals surface area contributed by atoms with Gasteiger partial charge >= 0.3 is 5.97 Å². The first-order valence-electron chi connectivity index (χ1n) is 10.6. The van der Waals surface area contributed by atoms with Crippen LogP contribution in [0.15, 0.2) is 54.7 Å². The number of esters is 1. The Morgan fingerprint density at radius 2 is 1.88 bits per heavy atom. The summed E-state index contributed by atoms with van der Waals surface area (Å²) in [6.45, 7) is 4.17. The summed E-state index contributed by atoms with van der Waals surface area (Å²) in [5.74, 6) is -1.00. The number of para-hydroxylation sites is 1. The van der Waals surface area contributed by atoms with Crippen molar-refractivity contribution in [1.82, 2.24) is 20.1 Å².